The molecule has 0 aromatic heterocycles. The summed E-state index contributed by atoms with van der Waals surface area (Å²) in [5.41, 5.74) is 0. The van der Waals surface area contributed by atoms with E-state index in [1.165, 1.54) is 0 Å². The van der Waals surface area contributed by atoms with Crippen molar-refractivity contribution in [1.29, 1.82) is 0 Å². The molecule has 1 amide bonds. The molecule has 0 aromatic rings. The molecule has 0 saturated carbocycles. The summed E-state index contributed by atoms with van der Waals surface area (Å²) in [4.78, 5) is 11.7. The van der Waals surface area contributed by atoms with Crippen LogP contribution in [-0.4, -0.2) is 35.4 Å². The predicted molar refractivity (Wildman–Crippen MR) is 57.5 cm³/mol. The summed E-state index contributed by atoms with van der Waals surface area (Å²) >= 11 is 0. The smallest absolute Gasteiger partial charge is 0.249 e. The molecule has 1 aliphatic rings. The van der Waals surface area contributed by atoms with Crippen LogP contribution in [0.4, 0.5) is 0 Å². The standard InChI is InChI=1S/C11H21NO3/c1-7(6-8(2)13)12-11(14)10-5-4-9(3)15-10/h7-10,13H,4-6H2,1-3H3,(H,12,14). The van der Waals surface area contributed by atoms with Crippen LogP contribution in [0.25, 0.3) is 0 Å². The van der Waals surface area contributed by atoms with E-state index in [0.29, 0.717) is 6.42 Å². The van der Waals surface area contributed by atoms with Crippen LogP contribution < -0.4 is 5.32 Å². The number of hydrogen-bond acceptors (Lipinski definition) is 3. The number of carbonyl (C=O) groups is 1. The monoisotopic (exact) mass is 215 g/mol. The van der Waals surface area contributed by atoms with Crippen LogP contribution in [0.2, 0.25) is 0 Å². The van der Waals surface area contributed by atoms with Gasteiger partial charge in [-0.05, 0) is 40.0 Å². The maximum Gasteiger partial charge on any atom is 0.249 e. The molecule has 2 N–H and O–H groups in total. The Kier molecular flexibility index (Phi) is 4.54. The molecule has 4 unspecified atom stereocenters. The molecule has 1 aliphatic heterocycles. The number of amides is 1. The van der Waals surface area contributed by atoms with E-state index in [4.69, 9.17) is 9.84 Å². The minimum Gasteiger partial charge on any atom is -0.393 e. The average molecular weight is 215 g/mol. The number of hydrogen-bond donors (Lipinski definition) is 2. The van der Waals surface area contributed by atoms with Crippen molar-refractivity contribution in [3.05, 3.63) is 0 Å². The van der Waals surface area contributed by atoms with Gasteiger partial charge in [-0.15, -0.1) is 0 Å². The van der Waals surface area contributed by atoms with Gasteiger partial charge in [-0.25, -0.2) is 0 Å². The first-order chi connectivity index (χ1) is 6.99. The predicted octanol–water partition coefficient (Wildman–Crippen LogP) is 0.829. The first-order valence-electron chi connectivity index (χ1n) is 5.63. The Hall–Kier alpha value is -0.610. The summed E-state index contributed by atoms with van der Waals surface area (Å²) in [7, 11) is 0. The average Bonchev–Trinajstić information content (AvgIpc) is 2.49. The maximum atomic E-state index is 11.7. The third-order valence-corrected chi connectivity index (χ3v) is 2.61. The maximum absolute atomic E-state index is 11.7. The molecule has 88 valence electrons. The number of aliphatic hydroxyl groups excluding tert-OH is 1. The normalized spacial score (nSPS) is 29.9. The van der Waals surface area contributed by atoms with Gasteiger partial charge in [-0.1, -0.05) is 0 Å². The van der Waals surface area contributed by atoms with E-state index < -0.39 is 0 Å². The zero-order valence-corrected chi connectivity index (χ0v) is 9.69. The molecule has 0 aromatic carbocycles. The van der Waals surface area contributed by atoms with E-state index in [2.05, 4.69) is 5.32 Å². The highest BCUT2D eigenvalue weighted by Gasteiger charge is 2.28. The van der Waals surface area contributed by atoms with Crippen molar-refractivity contribution >= 4 is 5.91 Å². The molecule has 4 nitrogen and oxygen atoms in total. The lowest BCUT2D eigenvalue weighted by atomic mass is 10.1. The summed E-state index contributed by atoms with van der Waals surface area (Å²) < 4.78 is 5.45. The number of ether oxygens (including phenoxy) is 1. The molecular formula is C11H21NO3. The molecule has 4 atom stereocenters. The Morgan fingerprint density at radius 1 is 1.53 bits per heavy atom. The Balaban J connectivity index is 2.29. The summed E-state index contributed by atoms with van der Waals surface area (Å²) in [5, 5.41) is 12.0. The van der Waals surface area contributed by atoms with Crippen molar-refractivity contribution in [2.45, 2.75) is 64.4 Å². The van der Waals surface area contributed by atoms with Crippen molar-refractivity contribution in [2.75, 3.05) is 0 Å². The minimum atomic E-state index is -0.385. The number of carbonyl (C=O) groups excluding carboxylic acids is 1. The van der Waals surface area contributed by atoms with Gasteiger partial charge in [-0.2, -0.15) is 0 Å². The second-order valence-corrected chi connectivity index (χ2v) is 4.51. The lowest BCUT2D eigenvalue weighted by Gasteiger charge is -2.18. The van der Waals surface area contributed by atoms with Gasteiger partial charge < -0.3 is 15.2 Å². The van der Waals surface area contributed by atoms with Crippen LogP contribution in [0, 0.1) is 0 Å². The van der Waals surface area contributed by atoms with E-state index >= 15 is 0 Å². The molecule has 0 aliphatic carbocycles. The fraction of sp³-hybridized carbons (Fsp3) is 0.909. The molecule has 0 bridgehead atoms. The molecule has 4 heteroatoms. The van der Waals surface area contributed by atoms with Crippen LogP contribution >= 0.6 is 0 Å². The van der Waals surface area contributed by atoms with E-state index in [-0.39, 0.29) is 30.3 Å². The fourth-order valence-electron chi connectivity index (χ4n) is 1.90. The molecule has 1 rings (SSSR count). The van der Waals surface area contributed by atoms with Gasteiger partial charge in [0, 0.05) is 6.04 Å². The fourth-order valence-corrected chi connectivity index (χ4v) is 1.90. The second-order valence-electron chi connectivity index (χ2n) is 4.51. The number of rotatable bonds is 4. The SMILES string of the molecule is CC(O)CC(C)NC(=O)C1CCC(C)O1. The molecule has 15 heavy (non-hydrogen) atoms. The second kappa shape index (κ2) is 5.47. The number of nitrogens with one attached hydrogen (secondary N) is 1. The zero-order valence-electron chi connectivity index (χ0n) is 9.69. The van der Waals surface area contributed by atoms with Crippen LogP contribution in [0.1, 0.15) is 40.0 Å². The van der Waals surface area contributed by atoms with Gasteiger partial charge in [0.05, 0.1) is 12.2 Å². The summed E-state index contributed by atoms with van der Waals surface area (Å²) in [6, 6.07) is -0.00277. The Labute approximate surface area is 91.0 Å². The zero-order chi connectivity index (χ0) is 11.4. The summed E-state index contributed by atoms with van der Waals surface area (Å²) in [6.07, 6.45) is 1.83. The topological polar surface area (TPSA) is 58.6 Å². The van der Waals surface area contributed by atoms with Crippen LogP contribution in [0.5, 0.6) is 0 Å². The molecule has 0 radical (unpaired) electrons. The van der Waals surface area contributed by atoms with E-state index in [9.17, 15) is 4.79 Å². The third kappa shape index (κ3) is 4.18. The lowest BCUT2D eigenvalue weighted by Crippen LogP contribution is -2.41. The Morgan fingerprint density at radius 3 is 2.67 bits per heavy atom. The van der Waals surface area contributed by atoms with Gasteiger partial charge in [0.2, 0.25) is 5.91 Å². The minimum absolute atomic E-state index is 0.00277. The van der Waals surface area contributed by atoms with Crippen molar-refractivity contribution in [3.63, 3.8) is 0 Å². The van der Waals surface area contributed by atoms with Crippen molar-refractivity contribution in [2.24, 2.45) is 0 Å². The number of aliphatic hydroxyl groups is 1. The van der Waals surface area contributed by atoms with E-state index in [1.807, 2.05) is 13.8 Å². The first-order valence-corrected chi connectivity index (χ1v) is 5.63. The van der Waals surface area contributed by atoms with E-state index in [1.54, 1.807) is 6.92 Å². The highest BCUT2D eigenvalue weighted by molar-refractivity contribution is 5.81. The lowest BCUT2D eigenvalue weighted by molar-refractivity contribution is -0.132. The molecule has 0 spiro atoms. The largest absolute Gasteiger partial charge is 0.393 e. The van der Waals surface area contributed by atoms with Crippen LogP contribution in [0.3, 0.4) is 0 Å². The van der Waals surface area contributed by atoms with Crippen molar-refractivity contribution < 1.29 is 14.6 Å². The van der Waals surface area contributed by atoms with Crippen LogP contribution in [0.15, 0.2) is 0 Å². The van der Waals surface area contributed by atoms with Gasteiger partial charge in [0.15, 0.2) is 0 Å². The Morgan fingerprint density at radius 2 is 2.20 bits per heavy atom. The van der Waals surface area contributed by atoms with Crippen LogP contribution in [-0.2, 0) is 9.53 Å². The quantitative estimate of drug-likeness (QED) is 0.730. The highest BCUT2D eigenvalue weighted by Crippen LogP contribution is 2.19. The van der Waals surface area contributed by atoms with Gasteiger partial charge >= 0.3 is 0 Å². The van der Waals surface area contributed by atoms with Crippen molar-refractivity contribution in [3.8, 4) is 0 Å². The summed E-state index contributed by atoms with van der Waals surface area (Å²) in [5.74, 6) is -0.0486. The summed E-state index contributed by atoms with van der Waals surface area (Å²) in [6.45, 7) is 5.59. The molecule has 1 heterocycles. The van der Waals surface area contributed by atoms with Gasteiger partial charge in [0.25, 0.3) is 0 Å². The van der Waals surface area contributed by atoms with Gasteiger partial charge in [0.1, 0.15) is 6.10 Å². The van der Waals surface area contributed by atoms with E-state index in [0.717, 1.165) is 12.8 Å². The highest BCUT2D eigenvalue weighted by atomic mass is 16.5. The van der Waals surface area contributed by atoms with Crippen molar-refractivity contribution in [1.82, 2.24) is 5.32 Å². The molecule has 1 saturated heterocycles. The van der Waals surface area contributed by atoms with Gasteiger partial charge in [-0.3, -0.25) is 4.79 Å². The third-order valence-electron chi connectivity index (χ3n) is 2.61. The molecular weight excluding hydrogens is 194 g/mol. The first kappa shape index (κ1) is 12.5. The Bertz CT molecular complexity index is 218. The molecule has 1 fully saturated rings.